The molecule has 8 heteroatoms. The Hall–Kier alpha value is -3.06. The fourth-order valence-corrected chi connectivity index (χ4v) is 3.46. The largest absolute Gasteiger partial charge is 0.493 e. The maximum atomic E-state index is 12.8. The molecule has 29 heavy (non-hydrogen) atoms. The Morgan fingerprint density at radius 1 is 1.17 bits per heavy atom. The minimum Gasteiger partial charge on any atom is -0.493 e. The minimum atomic E-state index is -0.744. The van der Waals surface area contributed by atoms with Crippen molar-refractivity contribution in [1.82, 2.24) is 10.4 Å². The smallest absolute Gasteiger partial charge is 0.273 e. The van der Waals surface area contributed by atoms with Crippen molar-refractivity contribution in [1.29, 1.82) is 0 Å². The van der Waals surface area contributed by atoms with Gasteiger partial charge in [0.2, 0.25) is 5.91 Å². The van der Waals surface area contributed by atoms with Gasteiger partial charge in [0, 0.05) is 18.7 Å². The average Bonchev–Trinajstić information content (AvgIpc) is 2.68. The molecular weight excluding hydrogens is 394 g/mol. The second-order valence-corrected chi connectivity index (χ2v) is 7.20. The molecule has 0 spiro atoms. The first kappa shape index (κ1) is 20.7. The van der Waals surface area contributed by atoms with Crippen LogP contribution >= 0.6 is 11.6 Å². The van der Waals surface area contributed by atoms with Gasteiger partial charge in [-0.3, -0.25) is 19.8 Å². The molecule has 0 bridgehead atoms. The number of carbonyl (C=O) groups excluding carboxylic acids is 3. The molecule has 0 saturated carbocycles. The minimum absolute atomic E-state index is 0.232. The summed E-state index contributed by atoms with van der Waals surface area (Å²) in [5.74, 6) is -0.807. The summed E-state index contributed by atoms with van der Waals surface area (Å²) in [6.07, 6.45) is 0. The molecule has 2 N–H and O–H groups in total. The number of hydrogen-bond donors (Lipinski definition) is 2. The second-order valence-electron chi connectivity index (χ2n) is 6.73. The van der Waals surface area contributed by atoms with Crippen molar-refractivity contribution in [3.8, 4) is 5.75 Å². The van der Waals surface area contributed by atoms with Crippen LogP contribution in [-0.2, 0) is 9.59 Å². The Morgan fingerprint density at radius 2 is 1.86 bits per heavy atom. The van der Waals surface area contributed by atoms with Gasteiger partial charge in [0.15, 0.2) is 0 Å². The summed E-state index contributed by atoms with van der Waals surface area (Å²) in [4.78, 5) is 36.4. The third-order valence-corrected chi connectivity index (χ3v) is 4.94. The van der Waals surface area contributed by atoms with Gasteiger partial charge >= 0.3 is 0 Å². The van der Waals surface area contributed by atoms with E-state index in [4.69, 9.17) is 16.3 Å². The van der Waals surface area contributed by atoms with Crippen LogP contribution in [0.1, 0.15) is 41.4 Å². The topological polar surface area (TPSA) is 87.7 Å². The number of carbonyl (C=O) groups is 3. The van der Waals surface area contributed by atoms with Crippen LogP contribution in [-0.4, -0.2) is 34.7 Å². The molecule has 7 nitrogen and oxygen atoms in total. The van der Waals surface area contributed by atoms with Crippen LogP contribution < -0.4 is 15.5 Å². The fourth-order valence-electron chi connectivity index (χ4n) is 3.10. The van der Waals surface area contributed by atoms with Crippen molar-refractivity contribution >= 4 is 35.0 Å². The highest BCUT2D eigenvalue weighted by Crippen LogP contribution is 2.37. The van der Waals surface area contributed by atoms with E-state index in [2.05, 4.69) is 10.7 Å². The Labute approximate surface area is 173 Å². The van der Waals surface area contributed by atoms with E-state index < -0.39 is 17.3 Å². The Balaban J connectivity index is 1.82. The molecule has 1 fully saturated rings. The predicted octanol–water partition coefficient (Wildman–Crippen LogP) is 3.19. The van der Waals surface area contributed by atoms with Crippen LogP contribution in [0.25, 0.3) is 0 Å². The molecule has 1 aliphatic rings. The molecule has 0 aliphatic carbocycles. The number of nitrogens with zero attached hydrogens (tertiary/aromatic N) is 1. The third kappa shape index (κ3) is 4.35. The quantitative estimate of drug-likeness (QED) is 0.560. The summed E-state index contributed by atoms with van der Waals surface area (Å²) >= 11 is 6.21. The monoisotopic (exact) mass is 415 g/mol. The van der Waals surface area contributed by atoms with E-state index in [1.165, 1.54) is 18.0 Å². The molecule has 3 amide bonds. The van der Waals surface area contributed by atoms with Crippen molar-refractivity contribution in [3.63, 3.8) is 0 Å². The molecular formula is C21H22ClN3O4. The zero-order valence-corrected chi connectivity index (χ0v) is 17.1. The van der Waals surface area contributed by atoms with Gasteiger partial charge in [-0.05, 0) is 31.5 Å². The molecule has 3 rings (SSSR count). The van der Waals surface area contributed by atoms with Crippen LogP contribution in [0.15, 0.2) is 42.5 Å². The summed E-state index contributed by atoms with van der Waals surface area (Å²) in [6.45, 7) is 5.48. The number of halogens is 1. The van der Waals surface area contributed by atoms with Gasteiger partial charge < -0.3 is 10.1 Å². The zero-order chi connectivity index (χ0) is 21.1. The molecule has 2 aromatic carbocycles. The van der Waals surface area contributed by atoms with E-state index in [1.807, 2.05) is 31.2 Å². The van der Waals surface area contributed by atoms with Gasteiger partial charge in [-0.2, -0.15) is 0 Å². The third-order valence-electron chi connectivity index (χ3n) is 4.52. The van der Waals surface area contributed by atoms with Crippen molar-refractivity contribution in [3.05, 3.63) is 59.2 Å². The number of nitrogens with one attached hydrogen (secondary N) is 2. The van der Waals surface area contributed by atoms with Gasteiger partial charge in [0.25, 0.3) is 11.8 Å². The van der Waals surface area contributed by atoms with Gasteiger partial charge in [-0.1, -0.05) is 29.8 Å². The van der Waals surface area contributed by atoms with Crippen molar-refractivity contribution in [2.45, 2.75) is 32.2 Å². The van der Waals surface area contributed by atoms with Crippen molar-refractivity contribution in [2.75, 3.05) is 11.9 Å². The average molecular weight is 416 g/mol. The second kappa shape index (κ2) is 8.53. The highest BCUT2D eigenvalue weighted by Gasteiger charge is 2.48. The lowest BCUT2D eigenvalue weighted by molar-refractivity contribution is -0.149. The van der Waals surface area contributed by atoms with Gasteiger partial charge in [0.05, 0.1) is 12.2 Å². The number of anilines is 1. The van der Waals surface area contributed by atoms with Crippen molar-refractivity contribution < 1.29 is 19.1 Å². The molecule has 0 unspecified atom stereocenters. The van der Waals surface area contributed by atoms with E-state index in [-0.39, 0.29) is 17.4 Å². The lowest BCUT2D eigenvalue weighted by Crippen LogP contribution is -2.63. The Morgan fingerprint density at radius 3 is 2.48 bits per heavy atom. The molecule has 2 aromatic rings. The number of benzene rings is 2. The summed E-state index contributed by atoms with van der Waals surface area (Å²) in [5.41, 5.74) is 5.30. The molecule has 0 radical (unpaired) electrons. The molecule has 2 atom stereocenters. The van der Waals surface area contributed by atoms with E-state index >= 15 is 0 Å². The standard InChI is InChI=1S/C21H22ClN3O4/c1-4-29-17-11-15(23-13(3)26)9-10-16(17)20(27)24-25-19(18(22)21(25)28)14-7-5-12(2)6-8-14/h5-11,18-19H,4H2,1-3H3,(H,23,26)(H,24,27)/t18-,19-/m0/s1. The number of aryl methyl sites for hydroxylation is 1. The number of β-lactam (4-membered cyclic amide) rings is 1. The summed E-state index contributed by atoms with van der Waals surface area (Å²) in [7, 11) is 0. The van der Waals surface area contributed by atoms with Crippen LogP contribution in [0.2, 0.25) is 0 Å². The maximum Gasteiger partial charge on any atom is 0.273 e. The number of ether oxygens (including phenoxy) is 1. The van der Waals surface area contributed by atoms with E-state index in [0.717, 1.165) is 11.1 Å². The van der Waals surface area contributed by atoms with E-state index in [0.29, 0.717) is 18.0 Å². The van der Waals surface area contributed by atoms with Gasteiger partial charge in [-0.25, -0.2) is 5.01 Å². The zero-order valence-electron chi connectivity index (χ0n) is 16.4. The molecule has 152 valence electrons. The van der Waals surface area contributed by atoms with Crippen LogP contribution in [0.4, 0.5) is 5.69 Å². The summed E-state index contributed by atoms with van der Waals surface area (Å²) < 4.78 is 5.54. The molecule has 1 heterocycles. The number of hydrogen-bond acceptors (Lipinski definition) is 4. The number of amides is 3. The SMILES string of the molecule is CCOc1cc(NC(C)=O)ccc1C(=O)NN1C(=O)[C@@H](Cl)[C@@H]1c1ccc(C)cc1. The van der Waals surface area contributed by atoms with Gasteiger partial charge in [-0.15, -0.1) is 11.6 Å². The molecule has 1 aliphatic heterocycles. The summed E-state index contributed by atoms with van der Waals surface area (Å²) in [5, 5.41) is 3.14. The van der Waals surface area contributed by atoms with E-state index in [9.17, 15) is 14.4 Å². The molecule has 1 saturated heterocycles. The van der Waals surface area contributed by atoms with E-state index in [1.54, 1.807) is 19.1 Å². The lowest BCUT2D eigenvalue weighted by Gasteiger charge is -2.44. The Kier molecular flexibility index (Phi) is 6.08. The highest BCUT2D eigenvalue weighted by atomic mass is 35.5. The first-order chi connectivity index (χ1) is 13.8. The summed E-state index contributed by atoms with van der Waals surface area (Å²) in [6, 6.07) is 11.9. The van der Waals surface area contributed by atoms with Gasteiger partial charge in [0.1, 0.15) is 17.2 Å². The molecule has 0 aromatic heterocycles. The Bertz CT molecular complexity index is 945. The van der Waals surface area contributed by atoms with Crippen LogP contribution in [0, 0.1) is 6.92 Å². The predicted molar refractivity (Wildman–Crippen MR) is 110 cm³/mol. The van der Waals surface area contributed by atoms with Crippen LogP contribution in [0.3, 0.4) is 0 Å². The van der Waals surface area contributed by atoms with Crippen molar-refractivity contribution in [2.24, 2.45) is 0 Å². The maximum absolute atomic E-state index is 12.8. The first-order valence-electron chi connectivity index (χ1n) is 9.21. The number of hydrazine groups is 1. The van der Waals surface area contributed by atoms with Crippen LogP contribution in [0.5, 0.6) is 5.75 Å². The fraction of sp³-hybridized carbons (Fsp3) is 0.286. The first-order valence-corrected chi connectivity index (χ1v) is 9.64. The lowest BCUT2D eigenvalue weighted by atomic mass is 9.94. The number of rotatable bonds is 6. The number of alkyl halides is 1. The highest BCUT2D eigenvalue weighted by molar-refractivity contribution is 6.33. The normalized spacial score (nSPS) is 18.1.